The quantitative estimate of drug-likeness (QED) is 0.420. The van der Waals surface area contributed by atoms with Gasteiger partial charge in [0.1, 0.15) is 0 Å². The molecular weight excluding hydrogens is 432 g/mol. The molecule has 1 aromatic carbocycles. The van der Waals surface area contributed by atoms with Crippen LogP contribution >= 0.6 is 23.8 Å². The summed E-state index contributed by atoms with van der Waals surface area (Å²) in [5.41, 5.74) is 2.94. The minimum absolute atomic E-state index is 0.103. The highest BCUT2D eigenvalue weighted by Crippen LogP contribution is 2.39. The van der Waals surface area contributed by atoms with Crippen molar-refractivity contribution in [3.63, 3.8) is 0 Å². The molecule has 0 bridgehead atoms. The summed E-state index contributed by atoms with van der Waals surface area (Å²) in [6.45, 7) is 0.621. The van der Waals surface area contributed by atoms with Crippen molar-refractivity contribution in [2.45, 2.75) is 24.9 Å². The molecule has 0 aliphatic carbocycles. The Kier molecular flexibility index (Phi) is 6.53. The number of carbonyl (C=O) groups is 1. The van der Waals surface area contributed by atoms with Gasteiger partial charge in [-0.25, -0.2) is 0 Å². The summed E-state index contributed by atoms with van der Waals surface area (Å²) in [4.78, 5) is 18.3. The van der Waals surface area contributed by atoms with Crippen molar-refractivity contribution in [2.75, 3.05) is 13.7 Å². The van der Waals surface area contributed by atoms with Gasteiger partial charge in [0.05, 0.1) is 24.9 Å². The fraction of sp³-hybridized carbons (Fsp3) is 0.261. The average molecular weight is 455 g/mol. The van der Waals surface area contributed by atoms with Crippen molar-refractivity contribution >= 4 is 34.9 Å². The van der Waals surface area contributed by atoms with E-state index in [1.165, 1.54) is 7.11 Å². The topological polar surface area (TPSA) is 59.4 Å². The van der Waals surface area contributed by atoms with E-state index in [0.29, 0.717) is 29.5 Å². The summed E-state index contributed by atoms with van der Waals surface area (Å²) in [6.07, 6.45) is 4.78. The van der Waals surface area contributed by atoms with Gasteiger partial charge in [-0.15, -0.1) is 0 Å². The Bertz CT molecular complexity index is 1070. The maximum Gasteiger partial charge on any atom is 0.305 e. The SMILES string of the molecule is COC(=O)CCCN1C(=S)N[C@H](c2ccccn2)[C@@H]1c1cccn1-c1cccc(Cl)c1. The van der Waals surface area contributed by atoms with Crippen LogP contribution in [0, 0.1) is 0 Å². The molecule has 0 radical (unpaired) electrons. The van der Waals surface area contributed by atoms with Crippen LogP contribution in [0.15, 0.2) is 67.0 Å². The number of carbonyl (C=O) groups excluding carboxylic acids is 1. The second kappa shape index (κ2) is 9.49. The second-order valence-electron chi connectivity index (χ2n) is 7.28. The number of ether oxygens (including phenoxy) is 1. The van der Waals surface area contributed by atoms with Crippen LogP contribution in [0.25, 0.3) is 5.69 Å². The van der Waals surface area contributed by atoms with E-state index < -0.39 is 0 Å². The van der Waals surface area contributed by atoms with E-state index in [-0.39, 0.29) is 18.1 Å². The van der Waals surface area contributed by atoms with Gasteiger partial charge in [0.15, 0.2) is 5.11 Å². The summed E-state index contributed by atoms with van der Waals surface area (Å²) < 4.78 is 6.91. The molecule has 1 saturated heterocycles. The van der Waals surface area contributed by atoms with Gasteiger partial charge in [-0.1, -0.05) is 23.7 Å². The third-order valence-electron chi connectivity index (χ3n) is 5.38. The lowest BCUT2D eigenvalue weighted by atomic mass is 10.0. The monoisotopic (exact) mass is 454 g/mol. The predicted molar refractivity (Wildman–Crippen MR) is 124 cm³/mol. The third kappa shape index (κ3) is 4.57. The molecule has 160 valence electrons. The van der Waals surface area contributed by atoms with Crippen molar-refractivity contribution in [3.05, 3.63) is 83.4 Å². The number of methoxy groups -OCH3 is 1. The summed E-state index contributed by atoms with van der Waals surface area (Å²) in [5.74, 6) is -0.224. The molecule has 1 N–H and O–H groups in total. The van der Waals surface area contributed by atoms with Gasteiger partial charge in [-0.2, -0.15) is 0 Å². The maximum absolute atomic E-state index is 11.6. The molecule has 2 atom stereocenters. The van der Waals surface area contributed by atoms with E-state index in [1.54, 1.807) is 6.20 Å². The second-order valence-corrected chi connectivity index (χ2v) is 8.11. The van der Waals surface area contributed by atoms with Crippen LogP contribution in [0.5, 0.6) is 0 Å². The van der Waals surface area contributed by atoms with E-state index in [0.717, 1.165) is 17.1 Å². The minimum Gasteiger partial charge on any atom is -0.469 e. The molecule has 0 unspecified atom stereocenters. The zero-order valence-electron chi connectivity index (χ0n) is 17.1. The number of esters is 1. The number of nitrogens with zero attached hydrogens (tertiary/aromatic N) is 3. The predicted octanol–water partition coefficient (Wildman–Crippen LogP) is 4.45. The molecule has 31 heavy (non-hydrogen) atoms. The zero-order chi connectivity index (χ0) is 21.8. The van der Waals surface area contributed by atoms with Gasteiger partial charge in [-0.05, 0) is 61.1 Å². The summed E-state index contributed by atoms with van der Waals surface area (Å²) in [5, 5.41) is 4.76. The Hall–Kier alpha value is -2.90. The van der Waals surface area contributed by atoms with Gasteiger partial charge in [-0.3, -0.25) is 9.78 Å². The summed E-state index contributed by atoms with van der Waals surface area (Å²) in [7, 11) is 1.40. The van der Waals surface area contributed by atoms with Crippen LogP contribution in [-0.4, -0.2) is 39.2 Å². The fourth-order valence-electron chi connectivity index (χ4n) is 3.96. The Morgan fingerprint density at radius 2 is 2.10 bits per heavy atom. The molecular formula is C23H23ClN4O2S. The highest BCUT2D eigenvalue weighted by Gasteiger charge is 2.41. The zero-order valence-corrected chi connectivity index (χ0v) is 18.6. The highest BCUT2D eigenvalue weighted by molar-refractivity contribution is 7.80. The number of halogens is 1. The molecule has 6 nitrogen and oxygen atoms in total. The maximum atomic E-state index is 11.6. The van der Waals surface area contributed by atoms with Crippen molar-refractivity contribution < 1.29 is 9.53 Å². The van der Waals surface area contributed by atoms with Crippen molar-refractivity contribution in [1.82, 2.24) is 19.8 Å². The van der Waals surface area contributed by atoms with Crippen molar-refractivity contribution in [2.24, 2.45) is 0 Å². The van der Waals surface area contributed by atoms with Gasteiger partial charge in [0.2, 0.25) is 0 Å². The summed E-state index contributed by atoms with van der Waals surface area (Å²) in [6, 6.07) is 17.5. The lowest BCUT2D eigenvalue weighted by molar-refractivity contribution is -0.140. The Morgan fingerprint density at radius 1 is 1.23 bits per heavy atom. The first-order valence-electron chi connectivity index (χ1n) is 10.1. The van der Waals surface area contributed by atoms with Crippen LogP contribution in [-0.2, 0) is 9.53 Å². The Morgan fingerprint density at radius 3 is 2.84 bits per heavy atom. The first-order chi connectivity index (χ1) is 15.1. The van der Waals surface area contributed by atoms with Crippen LogP contribution < -0.4 is 5.32 Å². The van der Waals surface area contributed by atoms with Crippen LogP contribution in [0.4, 0.5) is 0 Å². The van der Waals surface area contributed by atoms with Crippen LogP contribution in [0.3, 0.4) is 0 Å². The average Bonchev–Trinajstić information content (AvgIpc) is 3.39. The smallest absolute Gasteiger partial charge is 0.305 e. The Balaban J connectivity index is 1.72. The number of hydrogen-bond donors (Lipinski definition) is 1. The first kappa shape index (κ1) is 21.3. The number of pyridine rings is 1. The van der Waals surface area contributed by atoms with E-state index in [1.807, 2.05) is 54.7 Å². The van der Waals surface area contributed by atoms with Crippen LogP contribution in [0.2, 0.25) is 5.02 Å². The van der Waals surface area contributed by atoms with Gasteiger partial charge < -0.3 is 19.5 Å². The first-order valence-corrected chi connectivity index (χ1v) is 10.8. The van der Waals surface area contributed by atoms with Gasteiger partial charge in [0.25, 0.3) is 0 Å². The molecule has 3 heterocycles. The Labute approximate surface area is 191 Å². The third-order valence-corrected chi connectivity index (χ3v) is 5.96. The summed E-state index contributed by atoms with van der Waals surface area (Å²) >= 11 is 11.9. The molecule has 1 fully saturated rings. The number of thiocarbonyl (C=S) groups is 1. The van der Waals surface area contributed by atoms with E-state index >= 15 is 0 Å². The van der Waals surface area contributed by atoms with Gasteiger partial charge >= 0.3 is 5.97 Å². The largest absolute Gasteiger partial charge is 0.469 e. The van der Waals surface area contributed by atoms with Crippen molar-refractivity contribution in [1.29, 1.82) is 0 Å². The number of rotatable bonds is 7. The van der Waals surface area contributed by atoms with Gasteiger partial charge in [0, 0.05) is 41.8 Å². The lowest BCUT2D eigenvalue weighted by Gasteiger charge is -2.29. The fourth-order valence-corrected chi connectivity index (χ4v) is 4.48. The molecule has 0 amide bonds. The highest BCUT2D eigenvalue weighted by atomic mass is 35.5. The minimum atomic E-state index is -0.224. The van der Waals surface area contributed by atoms with E-state index in [9.17, 15) is 4.79 Å². The molecule has 8 heteroatoms. The number of hydrogen-bond acceptors (Lipinski definition) is 4. The normalized spacial score (nSPS) is 18.1. The lowest BCUT2D eigenvalue weighted by Crippen LogP contribution is -2.31. The van der Waals surface area contributed by atoms with Crippen LogP contribution in [0.1, 0.15) is 36.3 Å². The molecule has 1 aliphatic heterocycles. The molecule has 0 spiro atoms. The molecule has 3 aromatic rings. The molecule has 2 aromatic heterocycles. The number of benzene rings is 1. The molecule has 4 rings (SSSR count). The van der Waals surface area contributed by atoms with E-state index in [4.69, 9.17) is 28.6 Å². The van der Waals surface area contributed by atoms with Crippen molar-refractivity contribution in [3.8, 4) is 5.69 Å². The van der Waals surface area contributed by atoms with E-state index in [2.05, 4.69) is 25.8 Å². The number of aromatic nitrogens is 2. The number of nitrogens with one attached hydrogen (secondary N) is 1. The molecule has 0 saturated carbocycles. The molecule has 1 aliphatic rings. The standard InChI is InChI=1S/C23H23ClN4O2S/c1-30-20(29)11-6-14-28-22(21(26-23(28)31)18-9-2-3-12-25-18)19-10-5-13-27(19)17-8-4-7-16(24)15-17/h2-5,7-10,12-13,15,21-22H,6,11,14H2,1H3,(H,26,31)/t21-,22+/m1/s1.